The van der Waals surface area contributed by atoms with Crippen molar-refractivity contribution in [1.29, 1.82) is 0 Å². The topological polar surface area (TPSA) is 162 Å². The van der Waals surface area contributed by atoms with Crippen molar-refractivity contribution >= 4 is 30.4 Å². The zero-order chi connectivity index (χ0) is 28.1. The molecule has 0 aliphatic carbocycles. The van der Waals surface area contributed by atoms with Gasteiger partial charge in [0.15, 0.2) is 0 Å². The number of ether oxygens (including phenoxy) is 1. The molecule has 0 radical (unpaired) electrons. The molecule has 0 spiro atoms. The number of phenols is 1. The highest BCUT2D eigenvalue weighted by atomic mass is 19.1. The molecule has 5 N–H and O–H groups in total. The molecule has 0 aliphatic rings. The van der Waals surface area contributed by atoms with E-state index in [4.69, 9.17) is 14.6 Å². The Bertz CT molecular complexity index is 1270. The van der Waals surface area contributed by atoms with Gasteiger partial charge in [0.1, 0.15) is 29.9 Å². The second-order valence-electron chi connectivity index (χ2n) is 7.95. The number of amides is 2. The summed E-state index contributed by atoms with van der Waals surface area (Å²) in [6.07, 6.45) is 2.47. The number of anilines is 1. The molecule has 0 saturated carbocycles. The number of aryl methyl sites for hydroxylation is 1. The number of nitrogens with one attached hydrogen (secondary N) is 3. The van der Waals surface area contributed by atoms with Crippen LogP contribution in [0.2, 0.25) is 0 Å². The fraction of sp³-hybridized carbons (Fsp3) is 0.192. The Labute approximate surface area is 218 Å². The van der Waals surface area contributed by atoms with Crippen molar-refractivity contribution in [3.63, 3.8) is 0 Å². The van der Waals surface area contributed by atoms with Crippen LogP contribution >= 0.6 is 0 Å². The molecule has 0 aliphatic heterocycles. The number of urea groups is 1. The molecule has 200 valence electrons. The van der Waals surface area contributed by atoms with Gasteiger partial charge in [-0.25, -0.2) is 9.18 Å². The summed E-state index contributed by atoms with van der Waals surface area (Å²) < 4.78 is 19.1. The molecule has 11 nitrogen and oxygen atoms in total. The summed E-state index contributed by atoms with van der Waals surface area (Å²) in [5.74, 6) is -1.40. The first-order valence-electron chi connectivity index (χ1n) is 11.2. The number of halogens is 1. The third-order valence-electron chi connectivity index (χ3n) is 4.91. The first-order chi connectivity index (χ1) is 18.2. The molecule has 0 bridgehead atoms. The first-order valence-corrected chi connectivity index (χ1v) is 11.2. The summed E-state index contributed by atoms with van der Waals surface area (Å²) in [6.45, 7) is 5.42. The van der Waals surface area contributed by atoms with Crippen molar-refractivity contribution in [2.75, 3.05) is 11.9 Å². The number of phenolic OH excluding ortho intramolecular Hbond substituents is 1. The second-order valence-corrected chi connectivity index (χ2v) is 7.95. The van der Waals surface area contributed by atoms with Crippen molar-refractivity contribution in [3.05, 3.63) is 77.9 Å². The second kappa shape index (κ2) is 14.5. The molecular formula is C26H28FN5O6. The van der Waals surface area contributed by atoms with Crippen LogP contribution in [0.4, 0.5) is 14.9 Å². The van der Waals surface area contributed by atoms with E-state index < -0.39 is 23.7 Å². The van der Waals surface area contributed by atoms with Crippen LogP contribution in [0, 0.1) is 18.7 Å². The average molecular weight is 526 g/mol. The number of nitrogens with zero attached hydrogens (tertiary/aromatic N) is 2. The van der Waals surface area contributed by atoms with Crippen LogP contribution in [-0.4, -0.2) is 46.5 Å². The summed E-state index contributed by atoms with van der Waals surface area (Å²) in [7, 11) is 0. The lowest BCUT2D eigenvalue weighted by atomic mass is 10.2. The van der Waals surface area contributed by atoms with Crippen LogP contribution in [-0.2, 0) is 16.1 Å². The summed E-state index contributed by atoms with van der Waals surface area (Å²) >= 11 is 0. The molecule has 1 aromatic heterocycles. The lowest BCUT2D eigenvalue weighted by Crippen LogP contribution is -2.42. The molecule has 1 atom stereocenters. The van der Waals surface area contributed by atoms with Gasteiger partial charge in [-0.2, -0.15) is 0 Å². The minimum Gasteiger partial charge on any atom is -0.508 e. The maximum Gasteiger partial charge on any atom is 0.321 e. The van der Waals surface area contributed by atoms with Crippen LogP contribution < -0.4 is 20.7 Å². The molecule has 3 rings (SSSR count). The first kappa shape index (κ1) is 29.2. The molecule has 3 aromatic rings. The minimum atomic E-state index is -1.01. The van der Waals surface area contributed by atoms with Crippen LogP contribution in [0.25, 0.3) is 0 Å². The Hall–Kier alpha value is -5.00. The fourth-order valence-electron chi connectivity index (χ4n) is 2.92. The number of guanidine groups is 1. The number of carbonyl (C=O) groups is 3. The van der Waals surface area contributed by atoms with Crippen molar-refractivity contribution in [3.8, 4) is 17.2 Å². The van der Waals surface area contributed by atoms with Gasteiger partial charge in [0, 0.05) is 18.3 Å². The fourth-order valence-corrected chi connectivity index (χ4v) is 2.92. The number of aliphatic carboxylic acids is 1. The summed E-state index contributed by atoms with van der Waals surface area (Å²) in [5.41, 5.74) is 2.03. The van der Waals surface area contributed by atoms with E-state index >= 15 is 0 Å². The normalized spacial score (nSPS) is 11.4. The monoisotopic (exact) mass is 525 g/mol. The lowest BCUT2D eigenvalue weighted by Gasteiger charge is -2.15. The SMILES string of the molecule is C=O.Cc1cc(NC(=NCC(C)C(=O)O)NC(=O)NCc2ccc(O)cc2)ccc1Oc1cncc(F)c1. The van der Waals surface area contributed by atoms with Crippen LogP contribution in [0.1, 0.15) is 18.1 Å². The standard InChI is InChI=1S/C25H26FN5O5.CH2O/c1-15-9-19(5-8-22(15)36-21-10-18(26)13-27-14-21)30-24(28-11-16(2)23(33)34)31-25(35)29-12-17-3-6-20(32)7-4-17;1-2/h3-10,13-14,16,32H,11-12H2,1-2H3,(H,33,34)(H3,28,29,30,31,35);1H2. The Balaban J connectivity index is 0.00000247. The largest absolute Gasteiger partial charge is 0.508 e. The van der Waals surface area contributed by atoms with E-state index in [0.717, 1.165) is 11.8 Å². The lowest BCUT2D eigenvalue weighted by molar-refractivity contribution is -0.140. The van der Waals surface area contributed by atoms with Crippen molar-refractivity contribution in [2.24, 2.45) is 10.9 Å². The van der Waals surface area contributed by atoms with Gasteiger partial charge in [-0.3, -0.25) is 20.1 Å². The zero-order valence-electron chi connectivity index (χ0n) is 20.8. The number of hydrogen-bond acceptors (Lipinski definition) is 7. The van der Waals surface area contributed by atoms with Crippen molar-refractivity contribution < 1.29 is 33.7 Å². The highest BCUT2D eigenvalue weighted by Crippen LogP contribution is 2.27. The number of hydrogen-bond donors (Lipinski definition) is 5. The molecular weight excluding hydrogens is 497 g/mol. The quantitative estimate of drug-likeness (QED) is 0.219. The van der Waals surface area contributed by atoms with Gasteiger partial charge < -0.3 is 30.4 Å². The summed E-state index contributed by atoms with van der Waals surface area (Å²) in [6, 6.07) is 12.1. The Morgan fingerprint density at radius 3 is 2.47 bits per heavy atom. The third-order valence-corrected chi connectivity index (χ3v) is 4.91. The maximum atomic E-state index is 13.4. The van der Waals surface area contributed by atoms with E-state index in [-0.39, 0.29) is 30.5 Å². The third kappa shape index (κ3) is 9.57. The van der Waals surface area contributed by atoms with Gasteiger partial charge >= 0.3 is 12.0 Å². The van der Waals surface area contributed by atoms with Gasteiger partial charge in [-0.15, -0.1) is 0 Å². The number of carbonyl (C=O) groups excluding carboxylic acids is 2. The smallest absolute Gasteiger partial charge is 0.321 e. The van der Waals surface area contributed by atoms with Crippen LogP contribution in [0.3, 0.4) is 0 Å². The van der Waals surface area contributed by atoms with E-state index in [0.29, 0.717) is 17.0 Å². The van der Waals surface area contributed by atoms with E-state index in [2.05, 4.69) is 25.9 Å². The van der Waals surface area contributed by atoms with E-state index in [1.165, 1.54) is 31.3 Å². The van der Waals surface area contributed by atoms with Crippen molar-refractivity contribution in [2.45, 2.75) is 20.4 Å². The minimum absolute atomic E-state index is 0.0497. The van der Waals surface area contributed by atoms with E-state index in [9.17, 15) is 19.1 Å². The molecule has 1 unspecified atom stereocenters. The van der Waals surface area contributed by atoms with Crippen molar-refractivity contribution in [1.82, 2.24) is 15.6 Å². The molecule has 2 aromatic carbocycles. The van der Waals surface area contributed by atoms with Gasteiger partial charge in [0.25, 0.3) is 0 Å². The number of carboxylic acid groups (broad SMARTS) is 1. The Morgan fingerprint density at radius 2 is 1.84 bits per heavy atom. The van der Waals surface area contributed by atoms with Crippen LogP contribution in [0.15, 0.2) is 65.9 Å². The molecule has 12 heteroatoms. The predicted molar refractivity (Wildman–Crippen MR) is 139 cm³/mol. The van der Waals surface area contributed by atoms with Crippen LogP contribution in [0.5, 0.6) is 17.2 Å². The summed E-state index contributed by atoms with van der Waals surface area (Å²) in [5, 5.41) is 26.8. The number of aromatic nitrogens is 1. The maximum absolute atomic E-state index is 13.4. The number of pyridine rings is 1. The molecule has 0 fully saturated rings. The van der Waals surface area contributed by atoms with Gasteiger partial charge in [0.05, 0.1) is 24.9 Å². The number of rotatable bonds is 8. The summed E-state index contributed by atoms with van der Waals surface area (Å²) in [4.78, 5) is 39.6. The highest BCUT2D eigenvalue weighted by Gasteiger charge is 2.13. The number of aliphatic imine (C=N–C) groups is 1. The number of aromatic hydroxyl groups is 1. The van der Waals surface area contributed by atoms with E-state index in [1.807, 2.05) is 6.79 Å². The molecule has 2 amide bonds. The Morgan fingerprint density at radius 1 is 1.13 bits per heavy atom. The van der Waals surface area contributed by atoms with Gasteiger partial charge in [0.2, 0.25) is 5.96 Å². The highest BCUT2D eigenvalue weighted by molar-refractivity contribution is 6.03. The molecule has 1 heterocycles. The van der Waals surface area contributed by atoms with Gasteiger partial charge in [-0.1, -0.05) is 19.1 Å². The Kier molecular flexibility index (Phi) is 11.2. The zero-order valence-corrected chi connectivity index (χ0v) is 20.8. The predicted octanol–water partition coefficient (Wildman–Crippen LogP) is 3.83. The van der Waals surface area contributed by atoms with E-state index in [1.54, 1.807) is 37.3 Å². The average Bonchev–Trinajstić information content (AvgIpc) is 2.89. The molecule has 38 heavy (non-hydrogen) atoms. The van der Waals surface area contributed by atoms with Gasteiger partial charge in [-0.05, 0) is 48.4 Å². The number of carboxylic acids is 1. The molecule has 0 saturated heterocycles. The number of benzene rings is 2.